The van der Waals surface area contributed by atoms with Gasteiger partial charge in [0.1, 0.15) is 0 Å². The van der Waals surface area contributed by atoms with Crippen LogP contribution in [0.4, 0.5) is 0 Å². The van der Waals surface area contributed by atoms with Crippen LogP contribution in [0.5, 0.6) is 0 Å². The van der Waals surface area contributed by atoms with Crippen LogP contribution in [0.3, 0.4) is 0 Å². The summed E-state index contributed by atoms with van der Waals surface area (Å²) in [5.74, 6) is 0. The first-order valence-electron chi connectivity index (χ1n) is 9.02. The van der Waals surface area contributed by atoms with E-state index >= 15 is 0 Å². The zero-order valence-corrected chi connectivity index (χ0v) is 15.0. The molecule has 2 aliphatic rings. The smallest absolute Gasteiger partial charge is 0.374 e. The Bertz CT molecular complexity index is 259. The molecule has 0 atom stereocenters. The zero-order chi connectivity index (χ0) is 15.0. The maximum atomic E-state index is 6.23. The molecule has 2 rings (SSSR count). The van der Waals surface area contributed by atoms with E-state index in [1.54, 1.807) is 0 Å². The molecule has 0 bridgehead atoms. The van der Waals surface area contributed by atoms with Crippen LogP contribution in [0.25, 0.3) is 0 Å². The van der Waals surface area contributed by atoms with Crippen molar-refractivity contribution in [2.24, 2.45) is 0 Å². The van der Waals surface area contributed by atoms with E-state index in [1.165, 1.54) is 64.2 Å². The maximum Gasteiger partial charge on any atom is 0.517 e. The Morgan fingerprint density at radius 2 is 1.33 bits per heavy atom. The monoisotopic (exact) mass is 314 g/mol. The highest BCUT2D eigenvalue weighted by Gasteiger charge is 2.42. The van der Waals surface area contributed by atoms with Crippen LogP contribution in [-0.4, -0.2) is 34.7 Å². The molecule has 4 nitrogen and oxygen atoms in total. The van der Waals surface area contributed by atoms with Crippen LogP contribution in [0.2, 0.25) is 0 Å². The van der Waals surface area contributed by atoms with Crippen molar-refractivity contribution in [1.29, 1.82) is 0 Å². The molecule has 2 fully saturated rings. The second kappa shape index (κ2) is 9.25. The molecule has 5 heteroatoms. The Balaban J connectivity index is 1.95. The second-order valence-corrected chi connectivity index (χ2v) is 9.14. The van der Waals surface area contributed by atoms with Crippen molar-refractivity contribution in [1.82, 2.24) is 9.96 Å². The minimum Gasteiger partial charge on any atom is -0.374 e. The highest BCUT2D eigenvalue weighted by Crippen LogP contribution is 2.22. The van der Waals surface area contributed by atoms with Crippen molar-refractivity contribution in [3.05, 3.63) is 0 Å². The third kappa shape index (κ3) is 5.64. The summed E-state index contributed by atoms with van der Waals surface area (Å²) in [6, 6.07) is 1.14. The standard InChI is InChI=1S/C16H34N2O2Si/c1-3-14-20-21(19-2,17-15-10-6-4-7-11-15)18-16-12-8-5-9-13-16/h15-18H,3-14H2,1-2H3. The lowest BCUT2D eigenvalue weighted by molar-refractivity contribution is 0.156. The van der Waals surface area contributed by atoms with Crippen molar-refractivity contribution in [2.45, 2.75) is 89.6 Å². The van der Waals surface area contributed by atoms with Gasteiger partial charge in [-0.1, -0.05) is 45.4 Å². The average molecular weight is 315 g/mol. The van der Waals surface area contributed by atoms with E-state index in [2.05, 4.69) is 16.9 Å². The molecule has 0 radical (unpaired) electrons. The third-order valence-electron chi connectivity index (χ3n) is 4.80. The SMILES string of the molecule is CCCO[Si](NC1CCCCC1)(NC1CCCCC1)OC. The fraction of sp³-hybridized carbons (Fsp3) is 1.00. The van der Waals surface area contributed by atoms with E-state index in [1.807, 2.05) is 7.11 Å². The van der Waals surface area contributed by atoms with E-state index in [0.717, 1.165) is 13.0 Å². The summed E-state index contributed by atoms with van der Waals surface area (Å²) in [7, 11) is -0.652. The van der Waals surface area contributed by atoms with Gasteiger partial charge in [-0.05, 0) is 32.1 Å². The molecular formula is C16H34N2O2Si. The van der Waals surface area contributed by atoms with Crippen LogP contribution in [0, 0.1) is 0 Å². The summed E-state index contributed by atoms with van der Waals surface area (Å²) in [4.78, 5) is 7.57. The number of hydrogen-bond donors (Lipinski definition) is 2. The lowest BCUT2D eigenvalue weighted by Crippen LogP contribution is -2.71. The summed E-state index contributed by atoms with van der Waals surface area (Å²) in [5.41, 5.74) is 0. The van der Waals surface area contributed by atoms with Crippen molar-refractivity contribution in [3.63, 3.8) is 0 Å². The lowest BCUT2D eigenvalue weighted by Gasteiger charge is -2.38. The van der Waals surface area contributed by atoms with Crippen molar-refractivity contribution in [2.75, 3.05) is 13.7 Å². The molecule has 0 aliphatic heterocycles. The second-order valence-electron chi connectivity index (χ2n) is 6.63. The molecule has 0 aromatic rings. The molecule has 0 amide bonds. The van der Waals surface area contributed by atoms with Gasteiger partial charge in [-0.15, -0.1) is 0 Å². The number of hydrogen-bond acceptors (Lipinski definition) is 4. The molecule has 2 aliphatic carbocycles. The Kier molecular flexibility index (Phi) is 7.67. The summed E-state index contributed by atoms with van der Waals surface area (Å²) < 4.78 is 12.2. The summed E-state index contributed by atoms with van der Waals surface area (Å²) in [6.07, 6.45) is 14.2. The van der Waals surface area contributed by atoms with Gasteiger partial charge in [0.2, 0.25) is 0 Å². The van der Waals surface area contributed by atoms with Crippen LogP contribution >= 0.6 is 0 Å². The Morgan fingerprint density at radius 1 is 0.857 bits per heavy atom. The average Bonchev–Trinajstić information content (AvgIpc) is 2.54. The topological polar surface area (TPSA) is 42.5 Å². The third-order valence-corrected chi connectivity index (χ3v) is 7.56. The van der Waals surface area contributed by atoms with Gasteiger partial charge in [-0.2, -0.15) is 0 Å². The minimum atomic E-state index is -2.47. The fourth-order valence-electron chi connectivity index (χ4n) is 3.58. The van der Waals surface area contributed by atoms with E-state index < -0.39 is 8.88 Å². The number of rotatable bonds is 8. The molecule has 124 valence electrons. The first kappa shape index (κ1) is 17.4. The maximum absolute atomic E-state index is 6.23. The van der Waals surface area contributed by atoms with Gasteiger partial charge in [0.15, 0.2) is 0 Å². The molecule has 2 saturated carbocycles. The van der Waals surface area contributed by atoms with Crippen LogP contribution in [-0.2, 0) is 8.85 Å². The van der Waals surface area contributed by atoms with Crippen molar-refractivity contribution in [3.8, 4) is 0 Å². The highest BCUT2D eigenvalue weighted by molar-refractivity contribution is 6.62. The quantitative estimate of drug-likeness (QED) is 0.674. The van der Waals surface area contributed by atoms with Gasteiger partial charge < -0.3 is 8.85 Å². The summed E-state index contributed by atoms with van der Waals surface area (Å²) >= 11 is 0. The molecular weight excluding hydrogens is 280 g/mol. The number of nitrogens with one attached hydrogen (secondary N) is 2. The Morgan fingerprint density at radius 3 is 1.71 bits per heavy atom. The predicted octanol–water partition coefficient (Wildman–Crippen LogP) is 3.34. The molecule has 2 N–H and O–H groups in total. The summed E-state index contributed by atoms with van der Waals surface area (Å²) in [6.45, 7) is 2.94. The van der Waals surface area contributed by atoms with Crippen LogP contribution < -0.4 is 9.96 Å². The Hall–Kier alpha value is 0.0569. The van der Waals surface area contributed by atoms with Crippen LogP contribution in [0.1, 0.15) is 77.6 Å². The molecule has 0 saturated heterocycles. The van der Waals surface area contributed by atoms with Gasteiger partial charge in [0.25, 0.3) is 0 Å². The van der Waals surface area contributed by atoms with Gasteiger partial charge >= 0.3 is 8.88 Å². The van der Waals surface area contributed by atoms with Gasteiger partial charge in [-0.3, -0.25) is 9.96 Å². The van der Waals surface area contributed by atoms with Gasteiger partial charge in [-0.25, -0.2) is 0 Å². The molecule has 0 aromatic heterocycles. The molecule has 0 spiro atoms. The van der Waals surface area contributed by atoms with Crippen molar-refractivity contribution < 1.29 is 8.85 Å². The van der Waals surface area contributed by atoms with E-state index in [9.17, 15) is 0 Å². The van der Waals surface area contributed by atoms with Crippen LogP contribution in [0.15, 0.2) is 0 Å². The van der Waals surface area contributed by atoms with Gasteiger partial charge in [0.05, 0.1) is 0 Å². The largest absolute Gasteiger partial charge is 0.517 e. The minimum absolute atomic E-state index is 0.568. The highest BCUT2D eigenvalue weighted by atomic mass is 28.4. The fourth-order valence-corrected chi connectivity index (χ4v) is 6.33. The molecule has 0 aromatic carbocycles. The predicted molar refractivity (Wildman–Crippen MR) is 89.0 cm³/mol. The summed E-state index contributed by atoms with van der Waals surface area (Å²) in [5, 5.41) is 0. The lowest BCUT2D eigenvalue weighted by atomic mass is 9.96. The van der Waals surface area contributed by atoms with E-state index in [0.29, 0.717) is 12.1 Å². The first-order chi connectivity index (χ1) is 10.3. The van der Waals surface area contributed by atoms with Crippen molar-refractivity contribution >= 4 is 8.88 Å². The normalized spacial score (nSPS) is 22.6. The molecule has 0 unspecified atom stereocenters. The Labute approximate surface area is 131 Å². The first-order valence-corrected chi connectivity index (χ1v) is 10.8. The molecule has 0 heterocycles. The van der Waals surface area contributed by atoms with Gasteiger partial charge in [0, 0.05) is 25.8 Å². The zero-order valence-electron chi connectivity index (χ0n) is 14.0. The van der Waals surface area contributed by atoms with E-state index in [4.69, 9.17) is 8.85 Å². The molecule has 21 heavy (non-hydrogen) atoms. The van der Waals surface area contributed by atoms with E-state index in [-0.39, 0.29) is 0 Å².